The third-order valence-corrected chi connectivity index (χ3v) is 6.29. The van der Waals surface area contributed by atoms with E-state index in [1.807, 2.05) is 0 Å². The van der Waals surface area contributed by atoms with Gasteiger partial charge in [-0.05, 0) is 66.1 Å². The first-order chi connectivity index (χ1) is 17.0. The van der Waals surface area contributed by atoms with Gasteiger partial charge >= 0.3 is 24.6 Å². The molecule has 1 aromatic heterocycles. The molecule has 200 valence electrons. The zero-order chi connectivity index (χ0) is 27.8. The monoisotopic (exact) mass is 555 g/mol. The molecule has 37 heavy (non-hydrogen) atoms. The second-order valence-electron chi connectivity index (χ2n) is 8.02. The van der Waals surface area contributed by atoms with Crippen molar-refractivity contribution in [2.45, 2.75) is 38.5 Å². The Bertz CT molecular complexity index is 1240. The highest BCUT2D eigenvalue weighted by atomic mass is 32.1. The molecule has 2 aromatic carbocycles. The van der Waals surface area contributed by atoms with Crippen molar-refractivity contribution in [1.82, 2.24) is 4.90 Å². The van der Waals surface area contributed by atoms with Crippen LogP contribution in [0.25, 0.3) is 10.4 Å². The summed E-state index contributed by atoms with van der Waals surface area (Å²) in [5, 5.41) is 0. The second-order valence-corrected chi connectivity index (χ2v) is 9.31. The molecule has 0 unspecified atom stereocenters. The van der Waals surface area contributed by atoms with Gasteiger partial charge in [-0.15, -0.1) is 11.3 Å². The van der Waals surface area contributed by atoms with Crippen molar-refractivity contribution in [2.24, 2.45) is 0 Å². The molecule has 0 saturated carbocycles. The molecule has 0 aliphatic rings. The van der Waals surface area contributed by atoms with Crippen LogP contribution in [-0.2, 0) is 36.4 Å². The minimum absolute atomic E-state index is 0.0231. The number of carbonyl (C=O) groups is 1. The largest absolute Gasteiger partial charge is 0.453 e. The van der Waals surface area contributed by atoms with E-state index in [2.05, 4.69) is 4.74 Å². The fourth-order valence-corrected chi connectivity index (χ4v) is 4.50. The first-order valence-corrected chi connectivity index (χ1v) is 11.2. The predicted octanol–water partition coefficient (Wildman–Crippen LogP) is 8.55. The summed E-state index contributed by atoms with van der Waals surface area (Å²) in [5.74, 6) is 0. The van der Waals surface area contributed by atoms with E-state index in [4.69, 9.17) is 0 Å². The third kappa shape index (κ3) is 6.96. The van der Waals surface area contributed by atoms with Crippen LogP contribution in [0.15, 0.2) is 48.5 Å². The minimum atomic E-state index is -5.11. The van der Waals surface area contributed by atoms with Gasteiger partial charge in [-0.1, -0.05) is 6.07 Å². The lowest BCUT2D eigenvalue weighted by atomic mass is 10.0. The maximum atomic E-state index is 13.4. The molecule has 3 rings (SSSR count). The Morgan fingerprint density at radius 2 is 1.35 bits per heavy atom. The van der Waals surface area contributed by atoms with E-state index in [0.717, 1.165) is 29.0 Å². The average molecular weight is 555 g/mol. The Morgan fingerprint density at radius 3 is 1.81 bits per heavy atom. The molecule has 1 amide bonds. The van der Waals surface area contributed by atoms with Crippen LogP contribution in [0.4, 0.5) is 44.3 Å². The van der Waals surface area contributed by atoms with Crippen molar-refractivity contribution >= 4 is 17.4 Å². The van der Waals surface area contributed by atoms with Crippen molar-refractivity contribution in [1.29, 1.82) is 0 Å². The van der Waals surface area contributed by atoms with Gasteiger partial charge in [0.05, 0.1) is 30.3 Å². The number of rotatable bonds is 5. The van der Waals surface area contributed by atoms with Crippen LogP contribution >= 0.6 is 11.3 Å². The molecule has 0 saturated heterocycles. The molecule has 1 heterocycles. The van der Waals surface area contributed by atoms with Crippen LogP contribution in [0.1, 0.15) is 32.7 Å². The van der Waals surface area contributed by atoms with Gasteiger partial charge in [0.15, 0.2) is 0 Å². The quantitative estimate of drug-likeness (QED) is 0.295. The van der Waals surface area contributed by atoms with Gasteiger partial charge < -0.3 is 4.74 Å². The maximum absolute atomic E-state index is 13.4. The average Bonchev–Trinajstić information content (AvgIpc) is 3.22. The van der Waals surface area contributed by atoms with Crippen molar-refractivity contribution < 1.29 is 49.0 Å². The van der Waals surface area contributed by atoms with Crippen molar-refractivity contribution in [3.8, 4) is 10.4 Å². The molecule has 3 nitrogen and oxygen atoms in total. The fourth-order valence-electron chi connectivity index (χ4n) is 3.57. The number of aryl methyl sites for hydroxylation is 1. The number of thiophene rings is 1. The molecule has 0 N–H and O–H groups in total. The summed E-state index contributed by atoms with van der Waals surface area (Å²) in [6.45, 7) is 0.393. The Morgan fingerprint density at radius 1 is 0.784 bits per heavy atom. The Kier molecular flexibility index (Phi) is 7.87. The van der Waals surface area contributed by atoms with Gasteiger partial charge in [-0.3, -0.25) is 4.90 Å². The van der Waals surface area contributed by atoms with Crippen LogP contribution in [0.3, 0.4) is 0 Å². The number of halogens is 9. The summed E-state index contributed by atoms with van der Waals surface area (Å²) >= 11 is 1.26. The van der Waals surface area contributed by atoms with E-state index in [-0.39, 0.29) is 11.6 Å². The van der Waals surface area contributed by atoms with Crippen LogP contribution in [0.5, 0.6) is 0 Å². The SMILES string of the molecule is COC(=O)N(Cc1cc(C(F)(F)F)cc(C(F)(F)F)c1)Cc1cc(C(F)(F)F)ccc1-c1ccc(C)s1. The summed E-state index contributed by atoms with van der Waals surface area (Å²) in [4.78, 5) is 14.6. The molecule has 0 bridgehead atoms. The van der Waals surface area contributed by atoms with Crippen molar-refractivity contribution in [3.63, 3.8) is 0 Å². The zero-order valence-corrected chi connectivity index (χ0v) is 19.9. The standard InChI is InChI=1S/C24H18F9NO2S/c1-13-3-6-20(37-13)19-5-4-16(22(25,26)27)9-15(19)12-34(21(35)36-2)11-14-7-17(23(28,29)30)10-18(8-14)24(31,32)33/h3-10H,11-12H2,1-2H3. The zero-order valence-electron chi connectivity index (χ0n) is 19.1. The number of hydrogen-bond acceptors (Lipinski definition) is 3. The molecular weight excluding hydrogens is 537 g/mol. The first kappa shape index (κ1) is 28.4. The Labute approximate surface area is 209 Å². The van der Waals surface area contributed by atoms with Gasteiger partial charge in [0.2, 0.25) is 0 Å². The maximum Gasteiger partial charge on any atom is 0.416 e. The summed E-state index contributed by atoms with van der Waals surface area (Å²) in [5.41, 5.74) is -4.45. The van der Waals surface area contributed by atoms with E-state index < -0.39 is 60.0 Å². The highest BCUT2D eigenvalue weighted by molar-refractivity contribution is 7.15. The molecule has 0 aliphatic carbocycles. The Hall–Kier alpha value is -3.22. The number of hydrogen-bond donors (Lipinski definition) is 0. The van der Waals surface area contributed by atoms with E-state index in [0.29, 0.717) is 22.6 Å². The molecular formula is C24H18F9NO2S. The number of ether oxygens (including phenoxy) is 1. The number of alkyl halides is 9. The summed E-state index contributed by atoms with van der Waals surface area (Å²) in [7, 11) is 0.929. The number of carbonyl (C=O) groups excluding carboxylic acids is 1. The van der Waals surface area contributed by atoms with E-state index >= 15 is 0 Å². The molecule has 0 radical (unpaired) electrons. The lowest BCUT2D eigenvalue weighted by Gasteiger charge is -2.24. The van der Waals surface area contributed by atoms with Gasteiger partial charge in [0.1, 0.15) is 0 Å². The first-order valence-electron chi connectivity index (χ1n) is 10.4. The second kappa shape index (κ2) is 10.3. The van der Waals surface area contributed by atoms with Gasteiger partial charge in [-0.2, -0.15) is 39.5 Å². The third-order valence-electron chi connectivity index (χ3n) is 5.25. The number of benzene rings is 2. The van der Waals surface area contributed by atoms with Gasteiger partial charge in [0, 0.05) is 16.3 Å². The molecule has 0 fully saturated rings. The summed E-state index contributed by atoms with van der Waals surface area (Å²) in [6, 6.07) is 7.03. The lowest BCUT2D eigenvalue weighted by molar-refractivity contribution is -0.143. The van der Waals surface area contributed by atoms with Crippen LogP contribution in [-0.4, -0.2) is 18.1 Å². The van der Waals surface area contributed by atoms with Crippen LogP contribution in [0, 0.1) is 6.92 Å². The van der Waals surface area contributed by atoms with Crippen LogP contribution < -0.4 is 0 Å². The summed E-state index contributed by atoms with van der Waals surface area (Å²) in [6.07, 6.45) is -16.1. The smallest absolute Gasteiger partial charge is 0.416 e. The molecule has 0 atom stereocenters. The molecule has 0 aliphatic heterocycles. The topological polar surface area (TPSA) is 29.5 Å². The highest BCUT2D eigenvalue weighted by Gasteiger charge is 2.37. The Balaban J connectivity index is 2.09. The van der Waals surface area contributed by atoms with Crippen LogP contribution in [0.2, 0.25) is 0 Å². The predicted molar refractivity (Wildman–Crippen MR) is 118 cm³/mol. The van der Waals surface area contributed by atoms with Crippen molar-refractivity contribution in [3.05, 3.63) is 81.2 Å². The van der Waals surface area contributed by atoms with Gasteiger partial charge in [0.25, 0.3) is 0 Å². The molecule has 3 aromatic rings. The molecule has 13 heteroatoms. The lowest BCUT2D eigenvalue weighted by Crippen LogP contribution is -2.30. The number of nitrogens with zero attached hydrogens (tertiary/aromatic N) is 1. The van der Waals surface area contributed by atoms with E-state index in [9.17, 15) is 44.3 Å². The highest BCUT2D eigenvalue weighted by Crippen LogP contribution is 2.38. The normalized spacial score (nSPS) is 12.5. The van der Waals surface area contributed by atoms with E-state index in [1.54, 1.807) is 19.1 Å². The minimum Gasteiger partial charge on any atom is -0.453 e. The summed E-state index contributed by atoms with van der Waals surface area (Å²) < 4.78 is 124. The fraction of sp³-hybridized carbons (Fsp3) is 0.292. The number of amides is 1. The van der Waals surface area contributed by atoms with E-state index in [1.165, 1.54) is 17.4 Å². The van der Waals surface area contributed by atoms with Crippen molar-refractivity contribution in [2.75, 3.05) is 7.11 Å². The van der Waals surface area contributed by atoms with Gasteiger partial charge in [-0.25, -0.2) is 4.79 Å². The number of methoxy groups -OCH3 is 1. The molecule has 0 spiro atoms.